The highest BCUT2D eigenvalue weighted by molar-refractivity contribution is 5.11. The van der Waals surface area contributed by atoms with Crippen LogP contribution in [0, 0.1) is 5.92 Å². The first kappa shape index (κ1) is 10.7. The molecule has 13 heavy (non-hydrogen) atoms. The van der Waals surface area contributed by atoms with Gasteiger partial charge in [-0.25, -0.2) is 0 Å². The third-order valence-electron chi connectivity index (χ3n) is 2.83. The average molecular weight is 183 g/mol. The van der Waals surface area contributed by atoms with Crippen molar-refractivity contribution in [3.8, 4) is 0 Å². The van der Waals surface area contributed by atoms with E-state index >= 15 is 0 Å². The number of hydrogen-bond acceptors (Lipinski definition) is 2. The molecule has 2 heteroatoms. The molecule has 0 spiro atoms. The lowest BCUT2D eigenvalue weighted by Crippen LogP contribution is -2.48. The largest absolute Gasteiger partial charge is 0.385 e. The van der Waals surface area contributed by atoms with Crippen LogP contribution in [0.5, 0.6) is 0 Å². The number of nitrogens with one attached hydrogen (secondary N) is 1. The molecule has 0 aromatic rings. The number of allylic oxidation sites excluding steroid dienone is 1. The van der Waals surface area contributed by atoms with E-state index in [1.807, 2.05) is 19.9 Å². The summed E-state index contributed by atoms with van der Waals surface area (Å²) in [5, 5.41) is 13.7. The normalized spacial score (nSPS) is 34.3. The summed E-state index contributed by atoms with van der Waals surface area (Å²) in [5.41, 5.74) is 0.654. The van der Waals surface area contributed by atoms with Gasteiger partial charge >= 0.3 is 0 Å². The topological polar surface area (TPSA) is 32.3 Å². The Morgan fingerprint density at radius 1 is 1.62 bits per heavy atom. The second-order valence-corrected chi connectivity index (χ2v) is 4.27. The number of aliphatic hydroxyl groups is 1. The van der Waals surface area contributed by atoms with E-state index in [4.69, 9.17) is 0 Å². The first-order valence-electron chi connectivity index (χ1n) is 5.17. The van der Waals surface area contributed by atoms with Gasteiger partial charge in [0.2, 0.25) is 0 Å². The van der Waals surface area contributed by atoms with Gasteiger partial charge in [-0.3, -0.25) is 0 Å². The third-order valence-corrected chi connectivity index (χ3v) is 2.83. The van der Waals surface area contributed by atoms with Gasteiger partial charge < -0.3 is 10.4 Å². The van der Waals surface area contributed by atoms with Crippen molar-refractivity contribution in [2.75, 3.05) is 13.1 Å². The summed E-state index contributed by atoms with van der Waals surface area (Å²) in [7, 11) is 0. The smallest absolute Gasteiger partial charge is 0.0882 e. The van der Waals surface area contributed by atoms with E-state index in [9.17, 15) is 5.11 Å². The van der Waals surface area contributed by atoms with Crippen molar-refractivity contribution in [3.63, 3.8) is 0 Å². The van der Waals surface area contributed by atoms with Crippen LogP contribution in [0.4, 0.5) is 0 Å². The van der Waals surface area contributed by atoms with E-state index < -0.39 is 5.60 Å². The van der Waals surface area contributed by atoms with Crippen molar-refractivity contribution < 1.29 is 5.11 Å². The highest BCUT2D eigenvalue weighted by Gasteiger charge is 2.35. The first-order valence-corrected chi connectivity index (χ1v) is 5.17. The predicted octanol–water partition coefficient (Wildman–Crippen LogP) is 1.70. The predicted molar refractivity (Wildman–Crippen MR) is 55.6 cm³/mol. The zero-order valence-electron chi connectivity index (χ0n) is 8.93. The summed E-state index contributed by atoms with van der Waals surface area (Å²) in [6.07, 6.45) is 3.91. The van der Waals surface area contributed by atoms with Crippen molar-refractivity contribution in [2.45, 2.75) is 39.2 Å². The zero-order chi connectivity index (χ0) is 9.90. The van der Waals surface area contributed by atoms with Crippen LogP contribution in [0.15, 0.2) is 11.6 Å². The van der Waals surface area contributed by atoms with E-state index in [2.05, 4.69) is 12.2 Å². The highest BCUT2D eigenvalue weighted by atomic mass is 16.3. The van der Waals surface area contributed by atoms with Crippen LogP contribution in [0.25, 0.3) is 0 Å². The molecular weight excluding hydrogens is 162 g/mol. The molecular formula is C11H21NO. The number of piperidine rings is 1. The molecule has 0 bridgehead atoms. The van der Waals surface area contributed by atoms with Crippen molar-refractivity contribution in [1.82, 2.24) is 5.32 Å². The lowest BCUT2D eigenvalue weighted by atomic mass is 9.79. The van der Waals surface area contributed by atoms with Crippen LogP contribution in [0.3, 0.4) is 0 Å². The van der Waals surface area contributed by atoms with Gasteiger partial charge in [0.15, 0.2) is 0 Å². The molecule has 76 valence electrons. The van der Waals surface area contributed by atoms with Crippen LogP contribution >= 0.6 is 0 Å². The Kier molecular flexibility index (Phi) is 3.51. The Morgan fingerprint density at radius 2 is 2.31 bits per heavy atom. The van der Waals surface area contributed by atoms with E-state index in [1.54, 1.807) is 0 Å². The average Bonchev–Trinajstić information content (AvgIpc) is 2.03. The van der Waals surface area contributed by atoms with Gasteiger partial charge in [0.1, 0.15) is 0 Å². The molecule has 0 amide bonds. The number of rotatable bonds is 2. The fourth-order valence-corrected chi connectivity index (χ4v) is 2.13. The fourth-order valence-electron chi connectivity index (χ4n) is 2.13. The molecule has 0 aromatic carbocycles. The molecule has 1 heterocycles. The Balaban J connectivity index is 2.76. The molecule has 2 unspecified atom stereocenters. The first-order chi connectivity index (χ1) is 6.08. The van der Waals surface area contributed by atoms with Crippen molar-refractivity contribution in [1.29, 1.82) is 0 Å². The van der Waals surface area contributed by atoms with Crippen LogP contribution in [0.2, 0.25) is 0 Å². The highest BCUT2D eigenvalue weighted by Crippen LogP contribution is 2.29. The minimum absolute atomic E-state index is 0.371. The van der Waals surface area contributed by atoms with E-state index in [1.165, 1.54) is 5.57 Å². The molecule has 0 saturated carbocycles. The lowest BCUT2D eigenvalue weighted by molar-refractivity contribution is 0.00149. The van der Waals surface area contributed by atoms with Crippen LogP contribution in [-0.2, 0) is 0 Å². The fraction of sp³-hybridized carbons (Fsp3) is 0.818. The van der Waals surface area contributed by atoms with Gasteiger partial charge in [-0.05, 0) is 33.2 Å². The molecule has 0 radical (unpaired) electrons. The summed E-state index contributed by atoms with van der Waals surface area (Å²) in [5.74, 6) is 0.371. The van der Waals surface area contributed by atoms with Gasteiger partial charge in [-0.2, -0.15) is 0 Å². The minimum Gasteiger partial charge on any atom is -0.385 e. The molecule has 2 N–H and O–H groups in total. The Labute approximate surface area is 81.0 Å². The summed E-state index contributed by atoms with van der Waals surface area (Å²) in [6.45, 7) is 8.11. The van der Waals surface area contributed by atoms with E-state index in [0.29, 0.717) is 5.92 Å². The van der Waals surface area contributed by atoms with Gasteiger partial charge in [-0.15, -0.1) is 0 Å². The maximum absolute atomic E-state index is 10.4. The molecule has 1 rings (SSSR count). The SMILES string of the molecule is CCC1CNCCC1(O)C=C(C)C. The maximum Gasteiger partial charge on any atom is 0.0882 e. The van der Waals surface area contributed by atoms with Gasteiger partial charge in [0.05, 0.1) is 5.60 Å². The molecule has 1 fully saturated rings. The van der Waals surface area contributed by atoms with Crippen LogP contribution in [0.1, 0.15) is 33.6 Å². The quantitative estimate of drug-likeness (QED) is 0.639. The summed E-state index contributed by atoms with van der Waals surface area (Å²) < 4.78 is 0. The minimum atomic E-state index is -0.557. The van der Waals surface area contributed by atoms with Crippen molar-refractivity contribution >= 4 is 0 Å². The lowest BCUT2D eigenvalue weighted by Gasteiger charge is -2.38. The van der Waals surface area contributed by atoms with Crippen molar-refractivity contribution in [3.05, 3.63) is 11.6 Å². The second-order valence-electron chi connectivity index (χ2n) is 4.27. The Morgan fingerprint density at radius 3 is 2.85 bits per heavy atom. The molecule has 1 saturated heterocycles. The van der Waals surface area contributed by atoms with Gasteiger partial charge in [0.25, 0.3) is 0 Å². The molecule has 0 aromatic heterocycles. The maximum atomic E-state index is 10.4. The van der Waals surface area contributed by atoms with E-state index in [0.717, 1.165) is 25.9 Å². The Hall–Kier alpha value is -0.340. The monoisotopic (exact) mass is 183 g/mol. The molecule has 1 aliphatic heterocycles. The molecule has 2 nitrogen and oxygen atoms in total. The second kappa shape index (κ2) is 4.25. The zero-order valence-corrected chi connectivity index (χ0v) is 8.93. The van der Waals surface area contributed by atoms with Gasteiger partial charge in [-0.1, -0.05) is 18.6 Å². The number of hydrogen-bond donors (Lipinski definition) is 2. The standard InChI is InChI=1S/C11H21NO/c1-4-10-8-12-6-5-11(10,13)7-9(2)3/h7,10,12-13H,4-6,8H2,1-3H3. The van der Waals surface area contributed by atoms with Gasteiger partial charge in [0, 0.05) is 12.5 Å². The Bertz CT molecular complexity index is 196. The molecule has 1 aliphatic rings. The summed E-state index contributed by atoms with van der Waals surface area (Å²) >= 11 is 0. The molecule has 0 aliphatic carbocycles. The van der Waals surface area contributed by atoms with E-state index in [-0.39, 0.29) is 0 Å². The van der Waals surface area contributed by atoms with Crippen LogP contribution < -0.4 is 5.32 Å². The van der Waals surface area contributed by atoms with Crippen LogP contribution in [-0.4, -0.2) is 23.8 Å². The van der Waals surface area contributed by atoms with Crippen molar-refractivity contribution in [2.24, 2.45) is 5.92 Å². The molecule has 2 atom stereocenters. The third kappa shape index (κ3) is 2.55. The summed E-state index contributed by atoms with van der Waals surface area (Å²) in [6, 6.07) is 0. The summed E-state index contributed by atoms with van der Waals surface area (Å²) in [4.78, 5) is 0.